The maximum Gasteiger partial charge on any atom is 0.0755 e. The Labute approximate surface area is 137 Å². The summed E-state index contributed by atoms with van der Waals surface area (Å²) >= 11 is 3.51. The van der Waals surface area contributed by atoms with Crippen LogP contribution in [-0.2, 0) is 11.2 Å². The molecule has 0 spiro atoms. The molecule has 3 nitrogen and oxygen atoms in total. The van der Waals surface area contributed by atoms with E-state index in [4.69, 9.17) is 4.74 Å². The highest BCUT2D eigenvalue weighted by Crippen LogP contribution is 2.30. The van der Waals surface area contributed by atoms with Crippen molar-refractivity contribution in [2.24, 2.45) is 5.92 Å². The molecule has 2 rings (SSSR count). The van der Waals surface area contributed by atoms with E-state index in [0.29, 0.717) is 18.1 Å². The lowest BCUT2D eigenvalue weighted by atomic mass is 9.81. The van der Waals surface area contributed by atoms with Crippen LogP contribution >= 0.6 is 15.9 Å². The van der Waals surface area contributed by atoms with Crippen molar-refractivity contribution < 1.29 is 4.74 Å². The summed E-state index contributed by atoms with van der Waals surface area (Å²) in [5.74, 6) is 0.688. The molecule has 2 unspecified atom stereocenters. The fourth-order valence-electron chi connectivity index (χ4n) is 3.54. The summed E-state index contributed by atoms with van der Waals surface area (Å²) in [6, 6.07) is 2.52. The first-order chi connectivity index (χ1) is 10.2. The van der Waals surface area contributed by atoms with Gasteiger partial charge in [-0.1, -0.05) is 26.2 Å². The van der Waals surface area contributed by atoms with Crippen LogP contribution in [0.3, 0.4) is 0 Å². The molecule has 0 radical (unpaired) electrons. The number of hydrogen-bond donors (Lipinski definition) is 1. The van der Waals surface area contributed by atoms with E-state index < -0.39 is 0 Å². The fourth-order valence-corrected chi connectivity index (χ4v) is 3.95. The zero-order valence-electron chi connectivity index (χ0n) is 13.1. The highest BCUT2D eigenvalue weighted by atomic mass is 79.9. The molecule has 1 aromatic heterocycles. The molecule has 1 aliphatic carbocycles. The van der Waals surface area contributed by atoms with Gasteiger partial charge in [-0.15, -0.1) is 0 Å². The number of nitrogens with zero attached hydrogens (tertiary/aromatic N) is 1. The van der Waals surface area contributed by atoms with Crippen molar-refractivity contribution in [1.82, 2.24) is 10.3 Å². The predicted molar refractivity (Wildman–Crippen MR) is 90.5 cm³/mol. The van der Waals surface area contributed by atoms with Gasteiger partial charge in [0.05, 0.1) is 6.10 Å². The van der Waals surface area contributed by atoms with Gasteiger partial charge >= 0.3 is 0 Å². The van der Waals surface area contributed by atoms with Gasteiger partial charge in [-0.2, -0.15) is 0 Å². The molecule has 1 N–H and O–H groups in total. The summed E-state index contributed by atoms with van der Waals surface area (Å²) in [7, 11) is 1.86. The first-order valence-electron chi connectivity index (χ1n) is 8.10. The van der Waals surface area contributed by atoms with Crippen LogP contribution in [-0.4, -0.2) is 30.8 Å². The van der Waals surface area contributed by atoms with Crippen molar-refractivity contribution in [1.29, 1.82) is 0 Å². The van der Waals surface area contributed by atoms with Gasteiger partial charge in [0.2, 0.25) is 0 Å². The number of hydrogen-bond acceptors (Lipinski definition) is 3. The van der Waals surface area contributed by atoms with Crippen LogP contribution in [0.2, 0.25) is 0 Å². The van der Waals surface area contributed by atoms with Crippen molar-refractivity contribution in [3.8, 4) is 0 Å². The largest absolute Gasteiger partial charge is 0.380 e. The van der Waals surface area contributed by atoms with Crippen LogP contribution in [0.25, 0.3) is 0 Å². The standard InChI is InChI=1S/C17H27BrN2O/c1-3-20-16(10-13-9-15(18)12-19-11-13)17(21-2)14-7-5-4-6-8-14/h9,11-12,14,16-17,20H,3-8,10H2,1-2H3. The van der Waals surface area contributed by atoms with Crippen LogP contribution in [0.5, 0.6) is 0 Å². The van der Waals surface area contributed by atoms with Crippen LogP contribution in [0.4, 0.5) is 0 Å². The lowest BCUT2D eigenvalue weighted by Crippen LogP contribution is -2.47. The molecule has 1 saturated carbocycles. The number of methoxy groups -OCH3 is 1. The van der Waals surface area contributed by atoms with Crippen LogP contribution < -0.4 is 5.32 Å². The Morgan fingerprint density at radius 2 is 2.10 bits per heavy atom. The Balaban J connectivity index is 2.07. The molecule has 0 saturated heterocycles. The maximum atomic E-state index is 5.91. The van der Waals surface area contributed by atoms with E-state index in [1.807, 2.05) is 19.5 Å². The quantitative estimate of drug-likeness (QED) is 0.804. The van der Waals surface area contributed by atoms with Gasteiger partial charge in [0.15, 0.2) is 0 Å². The van der Waals surface area contributed by atoms with E-state index >= 15 is 0 Å². The average Bonchev–Trinajstić information content (AvgIpc) is 2.49. The summed E-state index contributed by atoms with van der Waals surface area (Å²) in [5.41, 5.74) is 1.26. The third-order valence-corrected chi connectivity index (χ3v) is 4.90. The van der Waals surface area contributed by atoms with Gasteiger partial charge < -0.3 is 10.1 Å². The first-order valence-corrected chi connectivity index (χ1v) is 8.89. The van der Waals surface area contributed by atoms with E-state index in [9.17, 15) is 0 Å². The Bertz CT molecular complexity index is 421. The van der Waals surface area contributed by atoms with Crippen LogP contribution in [0, 0.1) is 5.92 Å². The number of likely N-dealkylation sites (N-methyl/N-ethyl adjacent to an activating group) is 1. The molecule has 4 heteroatoms. The normalized spacial score (nSPS) is 19.4. The number of pyridine rings is 1. The second-order valence-corrected chi connectivity index (χ2v) is 6.89. The summed E-state index contributed by atoms with van der Waals surface area (Å²) in [6.07, 6.45) is 11.7. The van der Waals surface area contributed by atoms with Gasteiger partial charge in [0.25, 0.3) is 0 Å². The minimum absolute atomic E-state index is 0.296. The second-order valence-electron chi connectivity index (χ2n) is 5.98. The maximum absolute atomic E-state index is 5.91. The number of halogens is 1. The molecule has 1 aliphatic rings. The Hall–Kier alpha value is -0.450. The molecule has 21 heavy (non-hydrogen) atoms. The number of aromatic nitrogens is 1. The van der Waals surface area contributed by atoms with Crippen molar-refractivity contribution in [3.05, 3.63) is 28.5 Å². The van der Waals surface area contributed by atoms with Gasteiger partial charge in [-0.25, -0.2) is 0 Å². The van der Waals surface area contributed by atoms with Gasteiger partial charge in [-0.3, -0.25) is 4.98 Å². The smallest absolute Gasteiger partial charge is 0.0755 e. The molecule has 0 aromatic carbocycles. The second kappa shape index (κ2) is 8.86. The predicted octanol–water partition coefficient (Wildman–Crippen LogP) is 3.96. The third kappa shape index (κ3) is 5.04. The Morgan fingerprint density at radius 3 is 2.71 bits per heavy atom. The fraction of sp³-hybridized carbons (Fsp3) is 0.706. The average molecular weight is 355 g/mol. The summed E-state index contributed by atoms with van der Waals surface area (Å²) < 4.78 is 6.96. The van der Waals surface area contributed by atoms with E-state index in [2.05, 4.69) is 39.2 Å². The summed E-state index contributed by atoms with van der Waals surface area (Å²) in [6.45, 7) is 3.14. The van der Waals surface area contributed by atoms with Gasteiger partial charge in [0.1, 0.15) is 0 Å². The molecule has 118 valence electrons. The first kappa shape index (κ1) is 16.9. The Kier molecular flexibility index (Phi) is 7.14. The number of ether oxygens (including phenoxy) is 1. The zero-order valence-corrected chi connectivity index (χ0v) is 14.7. The highest BCUT2D eigenvalue weighted by molar-refractivity contribution is 9.10. The van der Waals surface area contributed by atoms with Gasteiger partial charge in [-0.05, 0) is 59.3 Å². The third-order valence-electron chi connectivity index (χ3n) is 4.47. The lowest BCUT2D eigenvalue weighted by molar-refractivity contribution is 0.00867. The molecule has 1 heterocycles. The lowest BCUT2D eigenvalue weighted by Gasteiger charge is -2.35. The molecule has 2 atom stereocenters. The summed E-state index contributed by atoms with van der Waals surface area (Å²) in [5, 5.41) is 3.63. The minimum Gasteiger partial charge on any atom is -0.380 e. The minimum atomic E-state index is 0.296. The van der Waals surface area contributed by atoms with Gasteiger partial charge in [0, 0.05) is 30.0 Å². The van der Waals surface area contributed by atoms with E-state index in [0.717, 1.165) is 17.4 Å². The van der Waals surface area contributed by atoms with Crippen LogP contribution in [0.1, 0.15) is 44.6 Å². The van der Waals surface area contributed by atoms with Crippen molar-refractivity contribution in [2.75, 3.05) is 13.7 Å². The number of rotatable bonds is 7. The molecule has 1 fully saturated rings. The SMILES string of the molecule is CCNC(Cc1cncc(Br)c1)C(OC)C1CCCCC1. The molecular formula is C17H27BrN2O. The van der Waals surface area contributed by atoms with Crippen molar-refractivity contribution >= 4 is 15.9 Å². The molecule has 0 bridgehead atoms. The Morgan fingerprint density at radius 1 is 1.33 bits per heavy atom. The molecule has 0 aliphatic heterocycles. The van der Waals surface area contributed by atoms with E-state index in [1.165, 1.54) is 37.7 Å². The topological polar surface area (TPSA) is 34.2 Å². The zero-order chi connectivity index (χ0) is 15.1. The summed E-state index contributed by atoms with van der Waals surface area (Å²) in [4.78, 5) is 4.28. The van der Waals surface area contributed by atoms with Crippen LogP contribution in [0.15, 0.2) is 22.9 Å². The number of nitrogens with one attached hydrogen (secondary N) is 1. The molecule has 0 amide bonds. The molecular weight excluding hydrogens is 328 g/mol. The van der Waals surface area contributed by atoms with E-state index in [1.54, 1.807) is 0 Å². The monoisotopic (exact) mass is 354 g/mol. The van der Waals surface area contributed by atoms with E-state index in [-0.39, 0.29) is 0 Å². The molecule has 1 aromatic rings. The van der Waals surface area contributed by atoms with Crippen molar-refractivity contribution in [3.63, 3.8) is 0 Å². The highest BCUT2D eigenvalue weighted by Gasteiger charge is 2.30. The van der Waals surface area contributed by atoms with Crippen molar-refractivity contribution in [2.45, 2.75) is 57.6 Å².